The molecule has 0 aliphatic rings. The number of nitrogens with zero attached hydrogens (tertiary/aromatic N) is 3. The van der Waals surface area contributed by atoms with Gasteiger partial charge in [-0.2, -0.15) is 0 Å². The topological polar surface area (TPSA) is 96.9 Å². The van der Waals surface area contributed by atoms with Crippen molar-refractivity contribution < 1.29 is 8.42 Å². The van der Waals surface area contributed by atoms with E-state index in [4.69, 9.17) is 11.6 Å². The van der Waals surface area contributed by atoms with Crippen molar-refractivity contribution in [2.75, 3.05) is 22.6 Å². The molecule has 3 rings (SSSR count). The maximum atomic E-state index is 12.2. The monoisotopic (exact) mass is 435 g/mol. The smallest absolute Gasteiger partial charge is 0.178 e. The molecule has 0 amide bonds. The standard InChI is InChI=1S/C18H18ClN5O2S2/c1-3-28(25,26)13-5-6-15(27-2)14(8-13)23-17-9-18(22-11-21-17)24-16-7-4-12(19)10-20-16/h4-11H,3H2,1-2H3,(H2,20,21,22,23,24). The highest BCUT2D eigenvalue weighted by molar-refractivity contribution is 7.98. The van der Waals surface area contributed by atoms with Gasteiger partial charge in [0.05, 0.1) is 21.4 Å². The van der Waals surface area contributed by atoms with Crippen LogP contribution in [0.25, 0.3) is 0 Å². The van der Waals surface area contributed by atoms with Crippen LogP contribution in [0.2, 0.25) is 5.02 Å². The van der Waals surface area contributed by atoms with E-state index in [0.29, 0.717) is 28.2 Å². The molecule has 10 heteroatoms. The normalized spacial score (nSPS) is 11.2. The fraction of sp³-hybridized carbons (Fsp3) is 0.167. The highest BCUT2D eigenvalue weighted by Crippen LogP contribution is 2.31. The predicted octanol–water partition coefficient (Wildman–Crippen LogP) is 4.53. The maximum Gasteiger partial charge on any atom is 0.178 e. The zero-order chi connectivity index (χ0) is 20.1. The van der Waals surface area contributed by atoms with Gasteiger partial charge in [-0.15, -0.1) is 11.8 Å². The van der Waals surface area contributed by atoms with Gasteiger partial charge in [-0.25, -0.2) is 23.4 Å². The number of sulfone groups is 1. The van der Waals surface area contributed by atoms with E-state index in [2.05, 4.69) is 25.6 Å². The molecule has 0 fully saturated rings. The van der Waals surface area contributed by atoms with Gasteiger partial charge in [0.25, 0.3) is 0 Å². The maximum absolute atomic E-state index is 12.2. The first-order valence-electron chi connectivity index (χ1n) is 8.29. The molecule has 2 aromatic heterocycles. The lowest BCUT2D eigenvalue weighted by molar-refractivity contribution is 0.597. The van der Waals surface area contributed by atoms with Gasteiger partial charge in [-0.05, 0) is 36.6 Å². The molecular weight excluding hydrogens is 418 g/mol. The van der Waals surface area contributed by atoms with Crippen LogP contribution in [0.4, 0.5) is 23.1 Å². The van der Waals surface area contributed by atoms with Crippen molar-refractivity contribution >= 4 is 56.3 Å². The number of thioether (sulfide) groups is 1. The molecule has 28 heavy (non-hydrogen) atoms. The van der Waals surface area contributed by atoms with Gasteiger partial charge >= 0.3 is 0 Å². The van der Waals surface area contributed by atoms with Gasteiger partial charge in [-0.1, -0.05) is 18.5 Å². The number of hydrogen-bond donors (Lipinski definition) is 2. The van der Waals surface area contributed by atoms with E-state index in [-0.39, 0.29) is 10.6 Å². The quantitative estimate of drug-likeness (QED) is 0.522. The van der Waals surface area contributed by atoms with Crippen molar-refractivity contribution in [3.05, 3.63) is 53.9 Å². The third-order valence-corrected chi connectivity index (χ3v) is 6.58. The van der Waals surface area contributed by atoms with Crippen molar-refractivity contribution in [1.29, 1.82) is 0 Å². The lowest BCUT2D eigenvalue weighted by atomic mass is 10.3. The highest BCUT2D eigenvalue weighted by atomic mass is 35.5. The van der Waals surface area contributed by atoms with Crippen molar-refractivity contribution in [2.45, 2.75) is 16.7 Å². The highest BCUT2D eigenvalue weighted by Gasteiger charge is 2.14. The van der Waals surface area contributed by atoms with Crippen molar-refractivity contribution in [3.8, 4) is 0 Å². The van der Waals surface area contributed by atoms with Gasteiger partial charge in [0.2, 0.25) is 0 Å². The van der Waals surface area contributed by atoms with E-state index in [9.17, 15) is 8.42 Å². The van der Waals surface area contributed by atoms with E-state index >= 15 is 0 Å². The molecule has 2 N–H and O–H groups in total. The van der Waals surface area contributed by atoms with Crippen LogP contribution >= 0.6 is 23.4 Å². The predicted molar refractivity (Wildman–Crippen MR) is 114 cm³/mol. The Bertz CT molecular complexity index is 1080. The van der Waals surface area contributed by atoms with E-state index in [1.807, 2.05) is 6.26 Å². The fourth-order valence-corrected chi connectivity index (χ4v) is 3.91. The molecule has 0 spiro atoms. The summed E-state index contributed by atoms with van der Waals surface area (Å²) < 4.78 is 24.4. The molecule has 0 unspecified atom stereocenters. The lowest BCUT2D eigenvalue weighted by Gasteiger charge is -2.13. The van der Waals surface area contributed by atoms with Crippen LogP contribution in [0.1, 0.15) is 6.92 Å². The van der Waals surface area contributed by atoms with Crippen molar-refractivity contribution in [2.24, 2.45) is 0 Å². The second-order valence-electron chi connectivity index (χ2n) is 5.67. The average molecular weight is 436 g/mol. The van der Waals surface area contributed by atoms with E-state index in [0.717, 1.165) is 4.90 Å². The summed E-state index contributed by atoms with van der Waals surface area (Å²) in [6.45, 7) is 1.62. The second-order valence-corrected chi connectivity index (χ2v) is 9.23. The lowest BCUT2D eigenvalue weighted by Crippen LogP contribution is -2.05. The molecule has 0 aliphatic heterocycles. The molecule has 0 atom stereocenters. The number of nitrogens with one attached hydrogen (secondary N) is 2. The first-order valence-corrected chi connectivity index (χ1v) is 11.5. The molecule has 146 valence electrons. The molecule has 2 heterocycles. The summed E-state index contributed by atoms with van der Waals surface area (Å²) in [5.41, 5.74) is 0.663. The molecule has 0 saturated carbocycles. The summed E-state index contributed by atoms with van der Waals surface area (Å²) in [4.78, 5) is 13.7. The third-order valence-electron chi connectivity index (χ3n) is 3.82. The van der Waals surface area contributed by atoms with Gasteiger partial charge in [-0.3, -0.25) is 0 Å². The third kappa shape index (κ3) is 4.92. The van der Waals surface area contributed by atoms with Gasteiger partial charge in [0.1, 0.15) is 23.8 Å². The Morgan fingerprint density at radius 3 is 2.39 bits per heavy atom. The zero-order valence-corrected chi connectivity index (χ0v) is 17.6. The average Bonchev–Trinajstić information content (AvgIpc) is 2.70. The zero-order valence-electron chi connectivity index (χ0n) is 15.2. The Balaban J connectivity index is 1.87. The minimum Gasteiger partial charge on any atom is -0.339 e. The van der Waals surface area contributed by atoms with Gasteiger partial charge in [0.15, 0.2) is 9.84 Å². The molecule has 0 bridgehead atoms. The Kier molecular flexibility index (Phi) is 6.38. The number of anilines is 4. The minimum atomic E-state index is -3.30. The largest absolute Gasteiger partial charge is 0.339 e. The van der Waals surface area contributed by atoms with Crippen molar-refractivity contribution in [3.63, 3.8) is 0 Å². The van der Waals surface area contributed by atoms with Crippen LogP contribution in [-0.2, 0) is 9.84 Å². The Hall–Kier alpha value is -2.36. The molecule has 3 aromatic rings. The summed E-state index contributed by atoms with van der Waals surface area (Å²) in [6, 6.07) is 10.2. The van der Waals surface area contributed by atoms with E-state index < -0.39 is 9.84 Å². The summed E-state index contributed by atoms with van der Waals surface area (Å²) in [6.07, 6.45) is 4.87. The fourth-order valence-electron chi connectivity index (χ4n) is 2.36. The number of aromatic nitrogens is 3. The van der Waals surface area contributed by atoms with Gasteiger partial charge in [0, 0.05) is 17.2 Å². The molecule has 0 aliphatic carbocycles. The molecule has 7 nitrogen and oxygen atoms in total. The Morgan fingerprint density at radius 2 is 1.75 bits per heavy atom. The molecular formula is C18H18ClN5O2S2. The van der Waals surface area contributed by atoms with Crippen LogP contribution in [-0.4, -0.2) is 35.4 Å². The van der Waals surface area contributed by atoms with Crippen LogP contribution in [0.15, 0.2) is 58.7 Å². The van der Waals surface area contributed by atoms with E-state index in [1.54, 1.807) is 43.3 Å². The molecule has 0 saturated heterocycles. The van der Waals surface area contributed by atoms with Crippen LogP contribution < -0.4 is 10.6 Å². The molecule has 0 radical (unpaired) electrons. The van der Waals surface area contributed by atoms with E-state index in [1.165, 1.54) is 24.3 Å². The summed E-state index contributed by atoms with van der Waals surface area (Å²) in [7, 11) is -3.30. The summed E-state index contributed by atoms with van der Waals surface area (Å²) >= 11 is 7.35. The number of rotatable bonds is 7. The SMILES string of the molecule is CCS(=O)(=O)c1ccc(SC)c(Nc2cc(Nc3ccc(Cl)cn3)ncn2)c1. The number of benzene rings is 1. The first-order chi connectivity index (χ1) is 13.4. The Morgan fingerprint density at radius 1 is 1.00 bits per heavy atom. The molecule has 1 aromatic carbocycles. The number of pyridine rings is 1. The Labute approximate surface area is 172 Å². The minimum absolute atomic E-state index is 0.0424. The summed E-state index contributed by atoms with van der Waals surface area (Å²) in [5.74, 6) is 1.69. The first kappa shape index (κ1) is 20.4. The number of halogens is 1. The number of hydrogen-bond acceptors (Lipinski definition) is 8. The van der Waals surface area contributed by atoms with Crippen molar-refractivity contribution in [1.82, 2.24) is 15.0 Å². The van der Waals surface area contributed by atoms with Crippen LogP contribution in [0, 0.1) is 0 Å². The van der Waals surface area contributed by atoms with Gasteiger partial charge < -0.3 is 10.6 Å². The van der Waals surface area contributed by atoms with Crippen LogP contribution in [0.3, 0.4) is 0 Å². The van der Waals surface area contributed by atoms with Crippen LogP contribution in [0.5, 0.6) is 0 Å². The second kappa shape index (κ2) is 8.76. The summed E-state index contributed by atoms with van der Waals surface area (Å²) in [5, 5.41) is 6.79.